The van der Waals surface area contributed by atoms with Gasteiger partial charge in [0.15, 0.2) is 0 Å². The largest absolute Gasteiger partial charge is 0.327 e. The molecule has 3 rings (SSSR count). The lowest BCUT2D eigenvalue weighted by Crippen LogP contribution is -2.63. The van der Waals surface area contributed by atoms with Crippen molar-refractivity contribution in [3.63, 3.8) is 0 Å². The monoisotopic (exact) mass is 229 g/mol. The Morgan fingerprint density at radius 2 is 1.94 bits per heavy atom. The van der Waals surface area contributed by atoms with Crippen LogP contribution in [0.4, 0.5) is 0 Å². The lowest BCUT2D eigenvalue weighted by Gasteiger charge is -2.62. The van der Waals surface area contributed by atoms with E-state index in [1.165, 1.54) is 12.8 Å². The summed E-state index contributed by atoms with van der Waals surface area (Å²) in [5, 5.41) is 0. The van der Waals surface area contributed by atoms with Gasteiger partial charge in [-0.25, -0.2) is 0 Å². The van der Waals surface area contributed by atoms with Gasteiger partial charge in [-0.15, -0.1) is 0 Å². The maximum atomic E-state index is 6.44. The van der Waals surface area contributed by atoms with Crippen molar-refractivity contribution < 1.29 is 0 Å². The second-order valence-electron chi connectivity index (χ2n) is 6.29. The first-order valence-corrected chi connectivity index (χ1v) is 6.94. The molecule has 0 saturated heterocycles. The van der Waals surface area contributed by atoms with Crippen LogP contribution in [0.3, 0.4) is 0 Å². The summed E-state index contributed by atoms with van der Waals surface area (Å²) in [4.78, 5) is 0. The van der Waals surface area contributed by atoms with Crippen LogP contribution in [0.15, 0.2) is 24.3 Å². The molecular formula is C16H23N. The van der Waals surface area contributed by atoms with E-state index in [1.54, 1.807) is 11.1 Å². The smallest absolute Gasteiger partial charge is 0.0133 e. The number of hydrogen-bond donors (Lipinski definition) is 1. The van der Waals surface area contributed by atoms with E-state index in [0.717, 1.165) is 0 Å². The normalized spacial score (nSPS) is 43.5. The molecule has 1 aromatic carbocycles. The van der Waals surface area contributed by atoms with Crippen molar-refractivity contribution in [1.82, 2.24) is 0 Å². The molecular weight excluding hydrogens is 206 g/mol. The molecule has 0 aliphatic heterocycles. The van der Waals surface area contributed by atoms with Crippen LogP contribution in [-0.2, 0) is 0 Å². The van der Waals surface area contributed by atoms with E-state index in [9.17, 15) is 0 Å². The average Bonchev–Trinajstić information content (AvgIpc) is 2.37. The van der Waals surface area contributed by atoms with Crippen LogP contribution in [0, 0.1) is 11.3 Å². The van der Waals surface area contributed by atoms with E-state index in [2.05, 4.69) is 45.0 Å². The highest BCUT2D eigenvalue weighted by molar-refractivity contribution is 5.41. The second-order valence-corrected chi connectivity index (χ2v) is 6.29. The fourth-order valence-electron chi connectivity index (χ4n) is 4.38. The summed E-state index contributed by atoms with van der Waals surface area (Å²) in [6, 6.07) is 9.41. The van der Waals surface area contributed by atoms with Crippen LogP contribution in [-0.4, -0.2) is 6.04 Å². The molecule has 1 aromatic rings. The van der Waals surface area contributed by atoms with Crippen molar-refractivity contribution in [2.24, 2.45) is 17.1 Å². The first kappa shape index (κ1) is 11.3. The third-order valence-electron chi connectivity index (χ3n) is 5.61. The fourth-order valence-corrected chi connectivity index (χ4v) is 4.38. The molecule has 0 aromatic heterocycles. The van der Waals surface area contributed by atoms with Gasteiger partial charge in [0, 0.05) is 6.04 Å². The second kappa shape index (κ2) is 3.58. The summed E-state index contributed by atoms with van der Waals surface area (Å²) in [6.07, 6.45) is 2.47. The third-order valence-corrected chi connectivity index (χ3v) is 5.61. The van der Waals surface area contributed by atoms with E-state index in [1.807, 2.05) is 0 Å². The molecule has 1 saturated carbocycles. The first-order valence-electron chi connectivity index (χ1n) is 6.94. The van der Waals surface area contributed by atoms with E-state index < -0.39 is 0 Å². The predicted octanol–water partition coefficient (Wildman–Crippen LogP) is 3.65. The summed E-state index contributed by atoms with van der Waals surface area (Å²) >= 11 is 0. The lowest BCUT2D eigenvalue weighted by molar-refractivity contribution is -0.0227. The highest BCUT2D eigenvalue weighted by atomic mass is 14.8. The number of nitrogens with two attached hydrogens (primary N) is 1. The Morgan fingerprint density at radius 3 is 2.59 bits per heavy atom. The van der Waals surface area contributed by atoms with E-state index in [-0.39, 0.29) is 0 Å². The van der Waals surface area contributed by atoms with Crippen molar-refractivity contribution in [3.8, 4) is 0 Å². The Morgan fingerprint density at radius 1 is 1.29 bits per heavy atom. The van der Waals surface area contributed by atoms with Crippen LogP contribution in [0.2, 0.25) is 0 Å². The first-order chi connectivity index (χ1) is 8.09. The van der Waals surface area contributed by atoms with Gasteiger partial charge in [-0.3, -0.25) is 0 Å². The van der Waals surface area contributed by atoms with Crippen LogP contribution in [0.5, 0.6) is 0 Å². The quantitative estimate of drug-likeness (QED) is 0.781. The lowest BCUT2D eigenvalue weighted by atomic mass is 9.44. The Balaban J connectivity index is 2.08. The minimum atomic E-state index is 0.320. The molecule has 0 bridgehead atoms. The molecule has 1 fully saturated rings. The zero-order valence-corrected chi connectivity index (χ0v) is 11.1. The molecule has 1 heteroatoms. The van der Waals surface area contributed by atoms with Gasteiger partial charge in [0.25, 0.3) is 0 Å². The minimum Gasteiger partial charge on any atom is -0.327 e. The fraction of sp³-hybridized carbons (Fsp3) is 0.625. The van der Waals surface area contributed by atoms with Crippen molar-refractivity contribution in [3.05, 3.63) is 35.4 Å². The molecule has 0 amide bonds. The Kier molecular flexibility index (Phi) is 2.38. The summed E-state index contributed by atoms with van der Waals surface area (Å²) in [5.74, 6) is 2.10. The molecule has 0 radical (unpaired) electrons. The zero-order valence-electron chi connectivity index (χ0n) is 11.1. The molecule has 2 aliphatic carbocycles. The minimum absolute atomic E-state index is 0.320. The molecule has 0 heterocycles. The summed E-state index contributed by atoms with van der Waals surface area (Å²) in [7, 11) is 0. The zero-order chi connectivity index (χ0) is 12.2. The van der Waals surface area contributed by atoms with E-state index >= 15 is 0 Å². The van der Waals surface area contributed by atoms with Gasteiger partial charge in [-0.05, 0) is 47.1 Å². The van der Waals surface area contributed by atoms with Crippen LogP contribution in [0.25, 0.3) is 0 Å². The third kappa shape index (κ3) is 1.29. The van der Waals surface area contributed by atoms with Crippen molar-refractivity contribution in [1.29, 1.82) is 0 Å². The molecule has 92 valence electrons. The van der Waals surface area contributed by atoms with Crippen molar-refractivity contribution in [2.45, 2.75) is 51.5 Å². The van der Waals surface area contributed by atoms with Gasteiger partial charge < -0.3 is 5.73 Å². The number of rotatable bonds is 1. The standard InChI is InChI=1S/C16H23N/c1-4-16(3)14-12-8-6-5-7-11(12)10(2)9-13(14)15(16)17/h5-8,10,13-15H,4,9,17H2,1-3H3. The van der Waals surface area contributed by atoms with Gasteiger partial charge >= 0.3 is 0 Å². The molecule has 5 atom stereocenters. The van der Waals surface area contributed by atoms with E-state index in [0.29, 0.717) is 29.2 Å². The topological polar surface area (TPSA) is 26.0 Å². The Hall–Kier alpha value is -0.820. The van der Waals surface area contributed by atoms with Crippen molar-refractivity contribution >= 4 is 0 Å². The van der Waals surface area contributed by atoms with Crippen LogP contribution in [0.1, 0.15) is 56.6 Å². The maximum Gasteiger partial charge on any atom is 0.0133 e. The average molecular weight is 229 g/mol. The number of fused-ring (bicyclic) bond motifs is 3. The predicted molar refractivity (Wildman–Crippen MR) is 72.1 cm³/mol. The molecule has 2 N–H and O–H groups in total. The van der Waals surface area contributed by atoms with Gasteiger partial charge in [0.2, 0.25) is 0 Å². The molecule has 1 nitrogen and oxygen atoms in total. The number of benzene rings is 1. The highest BCUT2D eigenvalue weighted by Gasteiger charge is 2.58. The Labute approximate surface area is 104 Å². The van der Waals surface area contributed by atoms with Gasteiger partial charge in [-0.1, -0.05) is 45.0 Å². The van der Waals surface area contributed by atoms with Gasteiger partial charge in [0.05, 0.1) is 0 Å². The molecule has 5 unspecified atom stereocenters. The Bertz CT molecular complexity index is 439. The van der Waals surface area contributed by atoms with Crippen LogP contribution >= 0.6 is 0 Å². The SMILES string of the molecule is CCC1(C)C(N)C2CC(C)c3ccccc3C21. The van der Waals surface area contributed by atoms with Crippen molar-refractivity contribution in [2.75, 3.05) is 0 Å². The summed E-state index contributed by atoms with van der Waals surface area (Å²) in [5.41, 5.74) is 9.92. The van der Waals surface area contributed by atoms with Crippen LogP contribution < -0.4 is 5.73 Å². The molecule has 0 spiro atoms. The maximum absolute atomic E-state index is 6.44. The molecule has 2 aliphatic rings. The van der Waals surface area contributed by atoms with Gasteiger partial charge in [-0.2, -0.15) is 0 Å². The van der Waals surface area contributed by atoms with Gasteiger partial charge in [0.1, 0.15) is 0 Å². The van der Waals surface area contributed by atoms with E-state index in [4.69, 9.17) is 5.73 Å². The summed E-state index contributed by atoms with van der Waals surface area (Å²) in [6.45, 7) is 7.02. The highest BCUT2D eigenvalue weighted by Crippen LogP contribution is 2.63. The molecule has 17 heavy (non-hydrogen) atoms. The number of hydrogen-bond acceptors (Lipinski definition) is 1. The summed E-state index contributed by atoms with van der Waals surface area (Å²) < 4.78 is 0.